The van der Waals surface area contributed by atoms with E-state index in [-0.39, 0.29) is 28.0 Å². The second kappa shape index (κ2) is 8.60. The number of methoxy groups -OCH3 is 3. The van der Waals surface area contributed by atoms with Gasteiger partial charge >= 0.3 is 0 Å². The third-order valence-corrected chi connectivity index (χ3v) is 4.92. The van der Waals surface area contributed by atoms with Gasteiger partial charge in [-0.05, 0) is 41.4 Å². The van der Waals surface area contributed by atoms with E-state index < -0.39 is 0 Å². The molecule has 0 saturated carbocycles. The van der Waals surface area contributed by atoms with Crippen LogP contribution in [0.3, 0.4) is 0 Å². The first-order valence-electron chi connectivity index (χ1n) is 7.72. The number of carbonyl (C=O) groups is 1. The van der Waals surface area contributed by atoms with Crippen molar-refractivity contribution in [2.75, 3.05) is 27.9 Å². The minimum absolute atomic E-state index is 0.150. The number of carbonyl (C=O) groups excluding carboxylic acids is 1. The van der Waals surface area contributed by atoms with E-state index in [1.54, 1.807) is 19.9 Å². The molecule has 1 heterocycles. The van der Waals surface area contributed by atoms with Crippen LogP contribution < -0.4 is 18.9 Å². The molecule has 140 valence electrons. The first kappa shape index (κ1) is 20.3. The number of aromatic nitrogens is 1. The van der Waals surface area contributed by atoms with E-state index >= 15 is 0 Å². The number of hydrogen-bond donors (Lipinski definition) is 0. The second-order valence-electron chi connectivity index (χ2n) is 5.20. The van der Waals surface area contributed by atoms with Crippen molar-refractivity contribution >= 4 is 33.3 Å². The Bertz CT molecular complexity index is 841. The summed E-state index contributed by atoms with van der Waals surface area (Å²) in [5.41, 5.74) is 1.09. The van der Waals surface area contributed by atoms with Gasteiger partial charge in [0, 0.05) is 6.20 Å². The summed E-state index contributed by atoms with van der Waals surface area (Å²) >= 11 is 9.67. The van der Waals surface area contributed by atoms with Crippen molar-refractivity contribution in [3.05, 3.63) is 38.4 Å². The van der Waals surface area contributed by atoms with Gasteiger partial charge in [-0.25, -0.2) is 4.98 Å². The highest BCUT2D eigenvalue weighted by molar-refractivity contribution is 9.10. The number of ketones is 1. The number of hydrogen-bond acceptors (Lipinski definition) is 6. The maximum absolute atomic E-state index is 13.4. The topological polar surface area (TPSA) is 66.9 Å². The summed E-state index contributed by atoms with van der Waals surface area (Å²) in [5.74, 6) is 0.806. The minimum Gasteiger partial charge on any atom is -0.493 e. The molecule has 2 aromatic rings. The zero-order valence-corrected chi connectivity index (χ0v) is 17.4. The molecule has 0 spiro atoms. The van der Waals surface area contributed by atoms with Crippen molar-refractivity contribution in [1.29, 1.82) is 0 Å². The Kier molecular flexibility index (Phi) is 6.72. The van der Waals surface area contributed by atoms with Gasteiger partial charge in [0.1, 0.15) is 5.56 Å². The van der Waals surface area contributed by atoms with Crippen molar-refractivity contribution in [3.63, 3.8) is 0 Å². The number of rotatable bonds is 7. The molecule has 0 aliphatic heterocycles. The molecule has 6 nitrogen and oxygen atoms in total. The van der Waals surface area contributed by atoms with Gasteiger partial charge in [0.15, 0.2) is 11.5 Å². The zero-order valence-electron chi connectivity index (χ0n) is 15.1. The molecule has 0 aliphatic rings. The molecule has 2 rings (SSSR count). The number of aryl methyl sites for hydroxylation is 1. The fourth-order valence-corrected chi connectivity index (χ4v) is 3.09. The maximum Gasteiger partial charge on any atom is 0.226 e. The van der Waals surface area contributed by atoms with Gasteiger partial charge in [0.2, 0.25) is 17.4 Å². The molecule has 0 atom stereocenters. The van der Waals surface area contributed by atoms with E-state index in [9.17, 15) is 4.79 Å². The van der Waals surface area contributed by atoms with Crippen LogP contribution >= 0.6 is 27.5 Å². The normalized spacial score (nSPS) is 10.4. The summed E-state index contributed by atoms with van der Waals surface area (Å²) < 4.78 is 22.1. The third-order valence-electron chi connectivity index (χ3n) is 3.70. The lowest BCUT2D eigenvalue weighted by molar-refractivity contribution is 0.103. The van der Waals surface area contributed by atoms with E-state index in [0.717, 1.165) is 0 Å². The molecule has 1 aromatic heterocycles. The van der Waals surface area contributed by atoms with Crippen LogP contribution in [-0.4, -0.2) is 38.7 Å². The maximum atomic E-state index is 13.4. The average Bonchev–Trinajstić information content (AvgIpc) is 2.63. The lowest BCUT2D eigenvalue weighted by Gasteiger charge is -2.18. The molecule has 0 unspecified atom stereocenters. The molecule has 0 radical (unpaired) electrons. The average molecular weight is 445 g/mol. The number of pyridine rings is 1. The van der Waals surface area contributed by atoms with Crippen LogP contribution in [-0.2, 0) is 0 Å². The molecule has 0 bridgehead atoms. The monoisotopic (exact) mass is 443 g/mol. The zero-order chi connectivity index (χ0) is 19.4. The number of nitrogens with zero attached hydrogens (tertiary/aromatic N) is 1. The Labute approximate surface area is 165 Å². The van der Waals surface area contributed by atoms with Crippen LogP contribution in [0.15, 0.2) is 16.7 Å². The Morgan fingerprint density at radius 2 is 1.81 bits per heavy atom. The predicted molar refractivity (Wildman–Crippen MR) is 102 cm³/mol. The molecule has 0 amide bonds. The van der Waals surface area contributed by atoms with Crippen LogP contribution in [0.1, 0.15) is 28.4 Å². The molecule has 26 heavy (non-hydrogen) atoms. The van der Waals surface area contributed by atoms with Gasteiger partial charge in [-0.1, -0.05) is 11.6 Å². The van der Waals surface area contributed by atoms with Crippen molar-refractivity contribution in [2.45, 2.75) is 13.8 Å². The van der Waals surface area contributed by atoms with E-state index in [1.165, 1.54) is 27.5 Å². The van der Waals surface area contributed by atoms with Gasteiger partial charge in [-0.2, -0.15) is 0 Å². The quantitative estimate of drug-likeness (QED) is 0.587. The number of benzene rings is 1. The molecule has 1 aromatic carbocycles. The molecule has 0 N–H and O–H groups in total. The van der Waals surface area contributed by atoms with Crippen LogP contribution in [0.4, 0.5) is 0 Å². The molecule has 0 saturated heterocycles. The van der Waals surface area contributed by atoms with Crippen LogP contribution in [0.5, 0.6) is 23.1 Å². The predicted octanol–water partition coefficient (Wildman–Crippen LogP) is 4.46. The van der Waals surface area contributed by atoms with E-state index in [0.29, 0.717) is 33.7 Å². The summed E-state index contributed by atoms with van der Waals surface area (Å²) in [6, 6.07) is 1.70. The summed E-state index contributed by atoms with van der Waals surface area (Å²) in [6.07, 6.45) is 1.49. The first-order chi connectivity index (χ1) is 12.4. The molecule has 0 fully saturated rings. The smallest absolute Gasteiger partial charge is 0.226 e. The Hall–Kier alpha value is -1.99. The standard InChI is InChI=1S/C18H19BrClNO5/c1-6-26-18-13(14(20)10(19)8-21-18)15(22)12-9(2)7-11(23-3)16(24-4)17(12)25-5/h7-8H,6H2,1-5H3. The Morgan fingerprint density at radius 3 is 2.35 bits per heavy atom. The highest BCUT2D eigenvalue weighted by atomic mass is 79.9. The van der Waals surface area contributed by atoms with Crippen molar-refractivity contribution in [1.82, 2.24) is 4.98 Å². The Balaban J connectivity index is 2.78. The summed E-state index contributed by atoms with van der Waals surface area (Å²) in [4.78, 5) is 17.5. The molecular weight excluding hydrogens is 426 g/mol. The SMILES string of the molecule is CCOc1ncc(Br)c(Cl)c1C(=O)c1c(C)cc(OC)c(OC)c1OC. The summed E-state index contributed by atoms with van der Waals surface area (Å²) in [5, 5.41) is 0.213. The lowest BCUT2D eigenvalue weighted by Crippen LogP contribution is -2.12. The number of halogens is 2. The largest absolute Gasteiger partial charge is 0.493 e. The highest BCUT2D eigenvalue weighted by Gasteiger charge is 2.29. The summed E-state index contributed by atoms with van der Waals surface area (Å²) in [7, 11) is 4.45. The second-order valence-corrected chi connectivity index (χ2v) is 6.43. The summed E-state index contributed by atoms with van der Waals surface area (Å²) in [6.45, 7) is 3.92. The highest BCUT2D eigenvalue weighted by Crippen LogP contribution is 2.44. The van der Waals surface area contributed by atoms with E-state index in [4.69, 9.17) is 30.5 Å². The molecular formula is C18H19BrClNO5. The van der Waals surface area contributed by atoms with Gasteiger partial charge in [0.05, 0.1) is 43.0 Å². The van der Waals surface area contributed by atoms with Gasteiger partial charge < -0.3 is 18.9 Å². The van der Waals surface area contributed by atoms with Crippen LogP contribution in [0.2, 0.25) is 5.02 Å². The van der Waals surface area contributed by atoms with E-state index in [2.05, 4.69) is 20.9 Å². The first-order valence-corrected chi connectivity index (χ1v) is 8.89. The lowest BCUT2D eigenvalue weighted by atomic mass is 9.97. The molecule has 8 heteroatoms. The fourth-order valence-electron chi connectivity index (χ4n) is 2.58. The molecule has 0 aliphatic carbocycles. The Morgan fingerprint density at radius 1 is 1.15 bits per heavy atom. The van der Waals surface area contributed by atoms with Crippen LogP contribution in [0, 0.1) is 6.92 Å². The fraction of sp³-hybridized carbons (Fsp3) is 0.333. The van der Waals surface area contributed by atoms with Gasteiger partial charge in [0.25, 0.3) is 0 Å². The van der Waals surface area contributed by atoms with Crippen molar-refractivity contribution in [2.24, 2.45) is 0 Å². The van der Waals surface area contributed by atoms with Gasteiger partial charge in [-0.15, -0.1) is 0 Å². The number of ether oxygens (including phenoxy) is 4. The van der Waals surface area contributed by atoms with Crippen molar-refractivity contribution in [3.8, 4) is 23.1 Å². The van der Waals surface area contributed by atoms with Crippen LogP contribution in [0.25, 0.3) is 0 Å². The van der Waals surface area contributed by atoms with Crippen molar-refractivity contribution < 1.29 is 23.7 Å². The van der Waals surface area contributed by atoms with Gasteiger partial charge in [-0.3, -0.25) is 4.79 Å². The minimum atomic E-state index is -0.387. The third kappa shape index (κ3) is 3.59. The van der Waals surface area contributed by atoms with E-state index in [1.807, 2.05) is 0 Å².